The van der Waals surface area contributed by atoms with Crippen LogP contribution in [0.5, 0.6) is 0 Å². The first-order valence-electron chi connectivity index (χ1n) is 9.53. The number of nitrogen functional groups attached to an aromatic ring is 2. The number of carbonyl (C=O) groups excluding carboxylic acids is 3. The molecule has 0 aliphatic rings. The van der Waals surface area contributed by atoms with Crippen molar-refractivity contribution in [1.29, 1.82) is 0 Å². The lowest BCUT2D eigenvalue weighted by Gasteiger charge is -2.19. The predicted octanol–water partition coefficient (Wildman–Crippen LogP) is 5.24. The average molecular weight is 434 g/mol. The minimum absolute atomic E-state index is 0.0681. The fourth-order valence-electron chi connectivity index (χ4n) is 3.41. The van der Waals surface area contributed by atoms with Crippen LogP contribution in [-0.4, -0.2) is 17.3 Å². The second-order valence-electron chi connectivity index (χ2n) is 7.09. The quantitative estimate of drug-likeness (QED) is 0.312. The summed E-state index contributed by atoms with van der Waals surface area (Å²) >= 11 is 0. The molecule has 0 bridgehead atoms. The van der Waals surface area contributed by atoms with Crippen molar-refractivity contribution in [2.24, 2.45) is 0 Å². The summed E-state index contributed by atoms with van der Waals surface area (Å²) < 4.78 is 0. The fraction of sp³-hybridized carbons (Fsp3) is 0.125. The lowest BCUT2D eigenvalue weighted by Crippen LogP contribution is -2.14. The molecule has 0 atom stereocenters. The Bertz CT molecular complexity index is 1070. The van der Waals surface area contributed by atoms with Crippen LogP contribution in [0.25, 0.3) is 5.73 Å². The Kier molecular flexibility index (Phi) is 6.17. The first-order valence-corrected chi connectivity index (χ1v) is 10.8. The molecule has 158 valence electrons. The number of para-hydroxylation sites is 2. The monoisotopic (exact) mass is 433 g/mol. The Hall–Kier alpha value is -3.58. The number of hydrogen-bond donors (Lipinski definition) is 2. The summed E-state index contributed by atoms with van der Waals surface area (Å²) in [4.78, 5) is 38.0. The van der Waals surface area contributed by atoms with Crippen molar-refractivity contribution in [2.75, 3.05) is 11.5 Å². The van der Waals surface area contributed by atoms with Gasteiger partial charge in [0.1, 0.15) is 10.9 Å². The summed E-state index contributed by atoms with van der Waals surface area (Å²) in [5.74, 6) is -0.597. The molecular formula is C24H23N3O3S. The van der Waals surface area contributed by atoms with Crippen molar-refractivity contribution in [3.05, 3.63) is 77.0 Å². The smallest absolute Gasteiger partial charge is 0.190 e. The molecule has 0 spiro atoms. The van der Waals surface area contributed by atoms with E-state index in [4.69, 9.17) is 17.2 Å². The topological polar surface area (TPSA) is 127 Å². The van der Waals surface area contributed by atoms with E-state index < -0.39 is 10.9 Å². The van der Waals surface area contributed by atoms with Gasteiger partial charge in [-0.1, -0.05) is 30.0 Å². The highest BCUT2D eigenvalue weighted by Gasteiger charge is 2.36. The molecule has 0 amide bonds. The first kappa shape index (κ1) is 22.1. The highest BCUT2D eigenvalue weighted by molar-refractivity contribution is 7.97. The number of benzene rings is 3. The van der Waals surface area contributed by atoms with Gasteiger partial charge in [-0.3, -0.25) is 14.4 Å². The van der Waals surface area contributed by atoms with Gasteiger partial charge in [-0.05, 0) is 51.1 Å². The largest absolute Gasteiger partial charge is 0.694 e. The number of anilines is 2. The lowest BCUT2D eigenvalue weighted by molar-refractivity contribution is 0.101. The van der Waals surface area contributed by atoms with E-state index in [-0.39, 0.29) is 28.6 Å². The van der Waals surface area contributed by atoms with Gasteiger partial charge in [-0.15, -0.1) is 0 Å². The van der Waals surface area contributed by atoms with Gasteiger partial charge in [0.25, 0.3) is 0 Å². The third-order valence-electron chi connectivity index (χ3n) is 4.96. The average Bonchev–Trinajstić information content (AvgIpc) is 2.71. The van der Waals surface area contributed by atoms with Gasteiger partial charge in [0.05, 0.1) is 11.4 Å². The van der Waals surface area contributed by atoms with Crippen molar-refractivity contribution < 1.29 is 14.4 Å². The Balaban J connectivity index is 2.41. The number of Topliss-reactive ketones (excluding diaryl/α,β-unsaturated/α-hetero) is 3. The molecule has 0 fully saturated rings. The van der Waals surface area contributed by atoms with Crippen LogP contribution in [0, 0.1) is 0 Å². The number of nitrogens with one attached hydrogen (secondary N) is 1. The van der Waals surface area contributed by atoms with E-state index in [1.165, 1.54) is 20.8 Å². The molecule has 5 N–H and O–H groups in total. The van der Waals surface area contributed by atoms with E-state index in [0.29, 0.717) is 37.2 Å². The number of ketones is 3. The van der Waals surface area contributed by atoms with Crippen LogP contribution >= 0.6 is 0 Å². The number of hydrogen-bond acceptors (Lipinski definition) is 5. The SMILES string of the molecule is CC(=O)c1cccc([S+](c2cccc(C(C)=O)c2N)c2cccc(C(C)=O)c2N)c1[NH-]. The predicted molar refractivity (Wildman–Crippen MR) is 124 cm³/mol. The molecule has 7 heteroatoms. The summed E-state index contributed by atoms with van der Waals surface area (Å²) in [5, 5.41) is 0. The maximum absolute atomic E-state index is 12.1. The van der Waals surface area contributed by atoms with E-state index >= 15 is 0 Å². The van der Waals surface area contributed by atoms with E-state index in [2.05, 4.69) is 0 Å². The summed E-state index contributed by atoms with van der Waals surface area (Å²) in [6.45, 7) is 4.28. The van der Waals surface area contributed by atoms with Crippen LogP contribution in [0.4, 0.5) is 17.1 Å². The molecule has 0 aromatic heterocycles. The van der Waals surface area contributed by atoms with Gasteiger partial charge in [0.2, 0.25) is 0 Å². The number of rotatable bonds is 6. The van der Waals surface area contributed by atoms with Gasteiger partial charge >= 0.3 is 0 Å². The second-order valence-corrected chi connectivity index (χ2v) is 9.02. The minimum atomic E-state index is -1.02. The molecule has 0 unspecified atom stereocenters. The number of nitrogens with two attached hydrogens (primary N) is 2. The molecule has 0 saturated heterocycles. The Morgan fingerprint density at radius 1 is 0.645 bits per heavy atom. The lowest BCUT2D eigenvalue weighted by atomic mass is 10.1. The zero-order chi connectivity index (χ0) is 22.9. The van der Waals surface area contributed by atoms with E-state index in [0.717, 1.165) is 0 Å². The van der Waals surface area contributed by atoms with Gasteiger partial charge in [0, 0.05) is 16.7 Å². The van der Waals surface area contributed by atoms with Crippen molar-refractivity contribution in [3.8, 4) is 0 Å². The highest BCUT2D eigenvalue weighted by Crippen LogP contribution is 2.43. The van der Waals surface area contributed by atoms with Crippen LogP contribution in [0.1, 0.15) is 51.8 Å². The summed E-state index contributed by atoms with van der Waals surface area (Å²) in [6, 6.07) is 15.4. The molecule has 31 heavy (non-hydrogen) atoms. The Morgan fingerprint density at radius 3 is 1.39 bits per heavy atom. The van der Waals surface area contributed by atoms with Crippen LogP contribution < -0.4 is 11.5 Å². The third kappa shape index (κ3) is 4.04. The fourth-order valence-corrected chi connectivity index (χ4v) is 5.74. The van der Waals surface area contributed by atoms with Crippen LogP contribution in [-0.2, 0) is 10.9 Å². The van der Waals surface area contributed by atoms with Crippen LogP contribution in [0.3, 0.4) is 0 Å². The number of carbonyl (C=O) groups is 3. The van der Waals surface area contributed by atoms with Crippen LogP contribution in [0.15, 0.2) is 69.3 Å². The van der Waals surface area contributed by atoms with Crippen LogP contribution in [0.2, 0.25) is 0 Å². The van der Waals surface area contributed by atoms with E-state index in [1.54, 1.807) is 54.6 Å². The van der Waals surface area contributed by atoms with Crippen molar-refractivity contribution >= 4 is 45.3 Å². The molecule has 0 saturated carbocycles. The summed E-state index contributed by atoms with van der Waals surface area (Å²) in [6.07, 6.45) is 0. The summed E-state index contributed by atoms with van der Waals surface area (Å²) in [7, 11) is -1.02. The second kappa shape index (κ2) is 8.65. The van der Waals surface area contributed by atoms with Crippen molar-refractivity contribution in [2.45, 2.75) is 35.5 Å². The van der Waals surface area contributed by atoms with Gasteiger partial charge in [-0.25, -0.2) is 0 Å². The normalized spacial score (nSPS) is 10.8. The first-order chi connectivity index (χ1) is 14.6. The highest BCUT2D eigenvalue weighted by atomic mass is 32.2. The van der Waals surface area contributed by atoms with Gasteiger partial charge in [-0.2, -0.15) is 0 Å². The standard InChI is InChI=1S/C24H23N3O3S/c1-13(28)16-7-4-10-19(22(16)25)31(20-11-5-8-17(14(2)29)23(20)26)21-12-6-9-18(15(3)30)24(21)27/h4-12H,1-3H3,(H5-,25,26,27,28,29,30). The van der Waals surface area contributed by atoms with E-state index in [1.807, 2.05) is 0 Å². The molecule has 6 nitrogen and oxygen atoms in total. The molecular weight excluding hydrogens is 410 g/mol. The van der Waals surface area contributed by atoms with Crippen molar-refractivity contribution in [1.82, 2.24) is 0 Å². The zero-order valence-electron chi connectivity index (χ0n) is 17.5. The Morgan fingerprint density at radius 2 is 1.00 bits per heavy atom. The van der Waals surface area contributed by atoms with Gasteiger partial charge in [0.15, 0.2) is 32.0 Å². The zero-order valence-corrected chi connectivity index (χ0v) is 18.3. The Labute approximate surface area is 183 Å². The minimum Gasteiger partial charge on any atom is -0.694 e. The molecule has 3 aromatic rings. The third-order valence-corrected chi connectivity index (χ3v) is 7.33. The van der Waals surface area contributed by atoms with Crippen molar-refractivity contribution in [3.63, 3.8) is 0 Å². The molecule has 0 heterocycles. The van der Waals surface area contributed by atoms with Gasteiger partial charge < -0.3 is 17.2 Å². The molecule has 0 radical (unpaired) electrons. The maximum atomic E-state index is 12.1. The molecule has 0 aliphatic carbocycles. The summed E-state index contributed by atoms with van der Waals surface area (Å²) in [5.41, 5.74) is 23.2. The molecule has 0 aliphatic heterocycles. The molecule has 3 aromatic carbocycles. The maximum Gasteiger partial charge on any atom is 0.190 e. The van der Waals surface area contributed by atoms with E-state index in [9.17, 15) is 14.4 Å². The molecule has 3 rings (SSSR count).